The molecule has 1 aromatic heterocycles. The summed E-state index contributed by atoms with van der Waals surface area (Å²) in [5, 5.41) is 1.83. The molecule has 3 aromatic rings. The molecule has 1 heterocycles. The van der Waals surface area contributed by atoms with Gasteiger partial charge in [-0.3, -0.25) is 4.79 Å². The summed E-state index contributed by atoms with van der Waals surface area (Å²) in [7, 11) is 3.56. The Bertz CT molecular complexity index is 1260. The minimum atomic E-state index is -1.04. The lowest BCUT2D eigenvalue weighted by molar-refractivity contribution is 0.103. The van der Waals surface area contributed by atoms with Crippen molar-refractivity contribution < 1.29 is 32.9 Å². The molecule has 8 heteroatoms. The number of ketones is 1. The summed E-state index contributed by atoms with van der Waals surface area (Å²) in [5.74, 6) is 2.80. The van der Waals surface area contributed by atoms with Crippen LogP contribution in [0.1, 0.15) is 63.2 Å². The molecule has 0 saturated carbocycles. The number of furan rings is 1. The molecule has 2 aromatic carbocycles. The van der Waals surface area contributed by atoms with Gasteiger partial charge in [0.1, 0.15) is 5.76 Å². The smallest absolute Gasteiger partial charge is 0.205 e. The minimum Gasteiger partial charge on any atom is -0.493 e. The molecule has 0 fully saturated rings. The van der Waals surface area contributed by atoms with Crippen molar-refractivity contribution in [2.75, 3.05) is 27.9 Å². The van der Waals surface area contributed by atoms with E-state index in [2.05, 4.69) is 13.1 Å². The molecule has 0 amide bonds. The third-order valence-electron chi connectivity index (χ3n) is 5.91. The van der Waals surface area contributed by atoms with Crippen LogP contribution in [-0.2, 0) is 5.41 Å². The van der Waals surface area contributed by atoms with Crippen LogP contribution >= 0.6 is 0 Å². The van der Waals surface area contributed by atoms with E-state index >= 15 is 0 Å². The van der Waals surface area contributed by atoms with E-state index in [0.717, 1.165) is 10.6 Å². The second kappa shape index (κ2) is 11.1. The van der Waals surface area contributed by atoms with Crippen LogP contribution in [0.3, 0.4) is 0 Å². The maximum absolute atomic E-state index is 14.4. The van der Waals surface area contributed by atoms with Gasteiger partial charge in [-0.15, -0.1) is 0 Å². The van der Waals surface area contributed by atoms with Gasteiger partial charge in [0.05, 0.1) is 48.4 Å². The lowest BCUT2D eigenvalue weighted by atomic mass is 9.87. The first-order valence-corrected chi connectivity index (χ1v) is 15.0. The maximum Gasteiger partial charge on any atom is 0.205 e. The third kappa shape index (κ3) is 5.44. The molecule has 1 radical (unpaired) electrons. The number of fused-ring (bicyclic) bond motifs is 1. The SMILES string of the molecule is CCOc1cc([Si](C)C)c2c(C(=O)c3cc(OC)c(OC)c(OC)c3)c(C(C)(C)C)oc2c1OC(C)C. The van der Waals surface area contributed by atoms with E-state index in [1.54, 1.807) is 12.1 Å². The van der Waals surface area contributed by atoms with Gasteiger partial charge in [-0.05, 0) is 44.2 Å². The highest BCUT2D eigenvalue weighted by Crippen LogP contribution is 2.45. The van der Waals surface area contributed by atoms with Crippen LogP contribution in [0, 0.1) is 0 Å². The van der Waals surface area contributed by atoms with Crippen molar-refractivity contribution in [2.24, 2.45) is 0 Å². The van der Waals surface area contributed by atoms with Crippen LogP contribution in [0.15, 0.2) is 22.6 Å². The second-order valence-corrected chi connectivity index (χ2v) is 12.9. The molecule has 3 rings (SSSR count). The molecule has 0 atom stereocenters. The zero-order valence-corrected chi connectivity index (χ0v) is 24.9. The van der Waals surface area contributed by atoms with Crippen LogP contribution in [0.5, 0.6) is 28.7 Å². The van der Waals surface area contributed by atoms with Gasteiger partial charge in [-0.2, -0.15) is 0 Å². The Labute approximate surface area is 221 Å². The molecule has 7 nitrogen and oxygen atoms in total. The molecule has 0 spiro atoms. The average Bonchev–Trinajstić information content (AvgIpc) is 3.24. The molecule has 0 aliphatic carbocycles. The number of ether oxygens (including phenoxy) is 5. The number of benzene rings is 2. The molecular formula is C29H39O7Si. The molecule has 0 aliphatic heterocycles. The van der Waals surface area contributed by atoms with Crippen molar-refractivity contribution in [1.29, 1.82) is 0 Å². The van der Waals surface area contributed by atoms with Crippen molar-refractivity contribution in [2.45, 2.75) is 66.2 Å². The maximum atomic E-state index is 14.4. The van der Waals surface area contributed by atoms with E-state index in [1.807, 2.05) is 47.6 Å². The van der Waals surface area contributed by atoms with Gasteiger partial charge < -0.3 is 28.1 Å². The van der Waals surface area contributed by atoms with Gasteiger partial charge in [0.15, 0.2) is 28.6 Å². The first-order valence-electron chi connectivity index (χ1n) is 12.5. The van der Waals surface area contributed by atoms with Gasteiger partial charge in [-0.25, -0.2) is 0 Å². The predicted octanol–water partition coefficient (Wildman–Crippen LogP) is 6.13. The largest absolute Gasteiger partial charge is 0.493 e. The molecule has 37 heavy (non-hydrogen) atoms. The van der Waals surface area contributed by atoms with Crippen LogP contribution in [0.4, 0.5) is 0 Å². The monoisotopic (exact) mass is 527 g/mol. The Morgan fingerprint density at radius 3 is 1.97 bits per heavy atom. The summed E-state index contributed by atoms with van der Waals surface area (Å²) in [5.41, 5.74) is 1.02. The molecule has 0 N–H and O–H groups in total. The molecule has 0 bridgehead atoms. The van der Waals surface area contributed by atoms with Crippen molar-refractivity contribution in [3.63, 3.8) is 0 Å². The van der Waals surface area contributed by atoms with E-state index in [9.17, 15) is 4.79 Å². The predicted molar refractivity (Wildman–Crippen MR) is 148 cm³/mol. The Morgan fingerprint density at radius 2 is 1.54 bits per heavy atom. The van der Waals surface area contributed by atoms with Crippen molar-refractivity contribution >= 4 is 30.7 Å². The fourth-order valence-corrected chi connectivity index (χ4v) is 5.49. The Kier molecular flexibility index (Phi) is 8.52. The highest BCUT2D eigenvalue weighted by atomic mass is 28.3. The Balaban J connectivity index is 2.48. The molecule has 0 aliphatic rings. The number of carbonyl (C=O) groups excluding carboxylic acids is 1. The lowest BCUT2D eigenvalue weighted by Crippen LogP contribution is -2.26. The topological polar surface area (TPSA) is 76.4 Å². The number of rotatable bonds is 10. The zero-order chi connectivity index (χ0) is 27.7. The average molecular weight is 528 g/mol. The zero-order valence-electron chi connectivity index (χ0n) is 23.9. The van der Waals surface area contributed by atoms with Gasteiger partial charge in [-0.1, -0.05) is 33.9 Å². The summed E-state index contributed by atoms with van der Waals surface area (Å²) in [6.07, 6.45) is -0.112. The first kappa shape index (κ1) is 28.4. The van der Waals surface area contributed by atoms with Crippen molar-refractivity contribution in [3.8, 4) is 28.7 Å². The van der Waals surface area contributed by atoms with Gasteiger partial charge in [0, 0.05) is 16.4 Å². The Hall–Kier alpha value is -3.13. The lowest BCUT2D eigenvalue weighted by Gasteiger charge is -2.19. The van der Waals surface area contributed by atoms with Crippen molar-refractivity contribution in [3.05, 3.63) is 35.1 Å². The number of carbonyl (C=O) groups is 1. The van der Waals surface area contributed by atoms with E-state index in [4.69, 9.17) is 28.1 Å². The van der Waals surface area contributed by atoms with Crippen molar-refractivity contribution in [1.82, 2.24) is 0 Å². The van der Waals surface area contributed by atoms with Crippen LogP contribution in [-0.4, -0.2) is 48.6 Å². The van der Waals surface area contributed by atoms with Crippen LogP contribution < -0.4 is 28.9 Å². The summed E-state index contributed by atoms with van der Waals surface area (Å²) < 4.78 is 35.3. The number of hydrogen-bond acceptors (Lipinski definition) is 7. The molecule has 0 unspecified atom stereocenters. The van der Waals surface area contributed by atoms with E-state index in [0.29, 0.717) is 57.8 Å². The summed E-state index contributed by atoms with van der Waals surface area (Å²) >= 11 is 0. The molecule has 201 valence electrons. The van der Waals surface area contributed by atoms with Gasteiger partial charge >= 0.3 is 0 Å². The summed E-state index contributed by atoms with van der Waals surface area (Å²) in [4.78, 5) is 14.4. The van der Waals surface area contributed by atoms with Gasteiger partial charge in [0.25, 0.3) is 0 Å². The quantitative estimate of drug-likeness (QED) is 0.232. The second-order valence-electron chi connectivity index (χ2n) is 10.4. The van der Waals surface area contributed by atoms with E-state index < -0.39 is 14.2 Å². The standard InChI is InChI=1S/C29H39O7Si/c1-12-34-20-15-21(37(10)11)22-23(28(29(4,5)6)36-27(22)26(20)35-16(2)3)24(30)17-13-18(31-7)25(33-9)19(14-17)32-8/h13-16H,12H2,1-11H3. The van der Waals surface area contributed by atoms with Crippen LogP contribution in [0.25, 0.3) is 11.0 Å². The normalized spacial score (nSPS) is 11.8. The minimum absolute atomic E-state index is 0.112. The van der Waals surface area contributed by atoms with E-state index in [1.165, 1.54) is 21.3 Å². The molecular weight excluding hydrogens is 488 g/mol. The van der Waals surface area contributed by atoms with E-state index in [-0.39, 0.29) is 11.9 Å². The Morgan fingerprint density at radius 1 is 0.946 bits per heavy atom. The first-order chi connectivity index (χ1) is 17.4. The summed E-state index contributed by atoms with van der Waals surface area (Å²) in [6.45, 7) is 16.8. The fraction of sp³-hybridized carbons (Fsp3) is 0.483. The summed E-state index contributed by atoms with van der Waals surface area (Å²) in [6, 6.07) is 5.38. The number of hydrogen-bond donors (Lipinski definition) is 0. The molecule has 0 saturated heterocycles. The highest BCUT2D eigenvalue weighted by Gasteiger charge is 2.35. The highest BCUT2D eigenvalue weighted by molar-refractivity contribution is 6.73. The van der Waals surface area contributed by atoms with Crippen LogP contribution in [0.2, 0.25) is 13.1 Å². The third-order valence-corrected chi connectivity index (χ3v) is 7.38. The number of methoxy groups -OCH3 is 3. The van der Waals surface area contributed by atoms with Gasteiger partial charge in [0.2, 0.25) is 11.5 Å². The fourth-order valence-electron chi connectivity index (χ4n) is 4.33.